The Morgan fingerprint density at radius 3 is 2.43 bits per heavy atom. The number of carbonyl (C=O) groups is 1. The van der Waals surface area contributed by atoms with E-state index in [0.717, 1.165) is 12.1 Å². The Kier molecular flexibility index (Phi) is 5.08. The van der Waals surface area contributed by atoms with Crippen LogP contribution in [0, 0.1) is 17.0 Å². The number of aryl methyl sites for hydroxylation is 1. The minimum Gasteiger partial charge on any atom is -0.489 e. The third kappa shape index (κ3) is 3.97. The van der Waals surface area contributed by atoms with Gasteiger partial charge in [0, 0.05) is 12.5 Å². The second-order valence-corrected chi connectivity index (χ2v) is 5.91. The number of halogens is 3. The van der Waals surface area contributed by atoms with E-state index in [0.29, 0.717) is 25.7 Å². The van der Waals surface area contributed by atoms with Gasteiger partial charge in [0.05, 0.1) is 35.5 Å². The summed E-state index contributed by atoms with van der Waals surface area (Å²) in [5.74, 6) is -0.438. The molecule has 11 heteroatoms. The first-order valence-corrected chi connectivity index (χ1v) is 8.11. The smallest absolute Gasteiger partial charge is 0.433 e. The molecule has 1 aromatic heterocycles. The van der Waals surface area contributed by atoms with Crippen LogP contribution >= 0.6 is 0 Å². The Bertz CT molecular complexity index is 946. The molecule has 2 heterocycles. The molecule has 0 saturated heterocycles. The lowest BCUT2D eigenvalue weighted by atomic mass is 10.1. The van der Waals surface area contributed by atoms with Crippen LogP contribution in [0.1, 0.15) is 28.2 Å². The summed E-state index contributed by atoms with van der Waals surface area (Å²) in [6, 6.07) is 4.03. The van der Waals surface area contributed by atoms with Gasteiger partial charge in [-0.3, -0.25) is 14.9 Å². The molecular formula is C17H14F3N3O5. The number of anilines is 1. The van der Waals surface area contributed by atoms with Crippen molar-refractivity contribution in [1.82, 2.24) is 4.98 Å². The number of benzene rings is 1. The van der Waals surface area contributed by atoms with E-state index in [-0.39, 0.29) is 28.4 Å². The molecule has 1 N–H and O–H groups in total. The van der Waals surface area contributed by atoms with Crippen molar-refractivity contribution in [3.8, 4) is 11.5 Å². The van der Waals surface area contributed by atoms with Gasteiger partial charge in [-0.25, -0.2) is 4.98 Å². The van der Waals surface area contributed by atoms with Crippen molar-refractivity contribution in [3.63, 3.8) is 0 Å². The van der Waals surface area contributed by atoms with Crippen molar-refractivity contribution in [3.05, 3.63) is 51.3 Å². The van der Waals surface area contributed by atoms with E-state index in [4.69, 9.17) is 9.47 Å². The molecule has 3 rings (SSSR count). The summed E-state index contributed by atoms with van der Waals surface area (Å²) in [5.41, 5.74) is -2.05. The van der Waals surface area contributed by atoms with Crippen LogP contribution in [-0.2, 0) is 6.18 Å². The Hall–Kier alpha value is -3.37. The number of nitrogens with zero attached hydrogens (tertiary/aromatic N) is 2. The third-order valence-electron chi connectivity index (χ3n) is 3.93. The van der Waals surface area contributed by atoms with Crippen LogP contribution in [0.4, 0.5) is 24.5 Å². The summed E-state index contributed by atoms with van der Waals surface area (Å²) in [5, 5.41) is 13.7. The highest BCUT2D eigenvalue weighted by Gasteiger charge is 2.33. The van der Waals surface area contributed by atoms with Crippen LogP contribution in [0.15, 0.2) is 24.3 Å². The lowest BCUT2D eigenvalue weighted by Gasteiger charge is -2.13. The molecule has 0 unspecified atom stereocenters. The van der Waals surface area contributed by atoms with Gasteiger partial charge in [-0.2, -0.15) is 13.2 Å². The first-order chi connectivity index (χ1) is 13.2. The van der Waals surface area contributed by atoms with E-state index >= 15 is 0 Å². The van der Waals surface area contributed by atoms with E-state index in [1.165, 1.54) is 13.0 Å². The highest BCUT2D eigenvalue weighted by Crippen LogP contribution is 2.39. The number of amides is 1. The number of rotatable bonds is 3. The summed E-state index contributed by atoms with van der Waals surface area (Å²) in [7, 11) is 0. The predicted octanol–water partition coefficient (Wildman–Crippen LogP) is 3.73. The number of nitro benzene ring substituents is 1. The molecular weight excluding hydrogens is 383 g/mol. The predicted molar refractivity (Wildman–Crippen MR) is 90.6 cm³/mol. The fourth-order valence-electron chi connectivity index (χ4n) is 2.60. The molecule has 0 aliphatic carbocycles. The Morgan fingerprint density at radius 1 is 1.21 bits per heavy atom. The van der Waals surface area contributed by atoms with Crippen molar-refractivity contribution in [1.29, 1.82) is 0 Å². The number of aromatic nitrogens is 1. The van der Waals surface area contributed by atoms with E-state index in [2.05, 4.69) is 10.3 Å². The molecule has 148 valence electrons. The molecule has 0 atom stereocenters. The molecule has 1 amide bonds. The number of fused-ring (bicyclic) bond motifs is 1. The zero-order valence-electron chi connectivity index (χ0n) is 14.5. The number of nitrogens with one attached hydrogen (secondary N) is 1. The van der Waals surface area contributed by atoms with Crippen LogP contribution in [0.5, 0.6) is 11.5 Å². The average molecular weight is 397 g/mol. The number of carbonyl (C=O) groups excluding carboxylic acids is 1. The molecule has 0 spiro atoms. The normalized spacial score (nSPS) is 13.6. The lowest BCUT2D eigenvalue weighted by Crippen LogP contribution is -2.17. The van der Waals surface area contributed by atoms with Gasteiger partial charge in [-0.15, -0.1) is 0 Å². The topological polar surface area (TPSA) is 104 Å². The van der Waals surface area contributed by atoms with Crippen LogP contribution in [0.25, 0.3) is 0 Å². The van der Waals surface area contributed by atoms with E-state index in [1.807, 2.05) is 0 Å². The molecule has 2 aromatic rings. The summed E-state index contributed by atoms with van der Waals surface area (Å²) in [6.07, 6.45) is -4.06. The maximum absolute atomic E-state index is 12.7. The van der Waals surface area contributed by atoms with Crippen molar-refractivity contribution in [2.24, 2.45) is 0 Å². The van der Waals surface area contributed by atoms with Crippen LogP contribution in [0.2, 0.25) is 0 Å². The zero-order chi connectivity index (χ0) is 20.5. The Morgan fingerprint density at radius 2 is 1.86 bits per heavy atom. The van der Waals surface area contributed by atoms with E-state index in [1.54, 1.807) is 0 Å². The highest BCUT2D eigenvalue weighted by molar-refractivity contribution is 6.06. The minimum atomic E-state index is -4.65. The van der Waals surface area contributed by atoms with Crippen molar-refractivity contribution in [2.45, 2.75) is 19.5 Å². The van der Waals surface area contributed by atoms with E-state index < -0.39 is 28.4 Å². The van der Waals surface area contributed by atoms with Crippen LogP contribution < -0.4 is 14.8 Å². The largest absolute Gasteiger partial charge is 0.489 e. The molecule has 0 radical (unpaired) electrons. The molecule has 28 heavy (non-hydrogen) atoms. The van der Waals surface area contributed by atoms with Gasteiger partial charge in [0.25, 0.3) is 11.6 Å². The minimum absolute atomic E-state index is 0.144. The standard InChI is InChI=1S/C17H14F3N3O5/c1-9-10(3-4-15(21-9)17(18,19)20)16(24)22-11-7-13-14(8-12(11)23(25)26)28-6-2-5-27-13/h3-4,7-8H,2,5-6H2,1H3,(H,22,24). The summed E-state index contributed by atoms with van der Waals surface area (Å²) < 4.78 is 49.0. The molecule has 1 aliphatic heterocycles. The molecule has 0 fully saturated rings. The monoisotopic (exact) mass is 397 g/mol. The van der Waals surface area contributed by atoms with Crippen molar-refractivity contribution in [2.75, 3.05) is 18.5 Å². The van der Waals surface area contributed by atoms with Gasteiger partial charge in [-0.05, 0) is 19.1 Å². The summed E-state index contributed by atoms with van der Waals surface area (Å²) in [4.78, 5) is 26.5. The number of hydrogen-bond donors (Lipinski definition) is 1. The van der Waals surface area contributed by atoms with Crippen LogP contribution in [0.3, 0.4) is 0 Å². The van der Waals surface area contributed by atoms with Gasteiger partial charge < -0.3 is 14.8 Å². The SMILES string of the molecule is Cc1nc(C(F)(F)F)ccc1C(=O)Nc1cc2c(cc1[N+](=O)[O-])OCCCO2. The number of nitro groups is 1. The van der Waals surface area contributed by atoms with Gasteiger partial charge in [0.1, 0.15) is 11.4 Å². The molecule has 1 aliphatic rings. The molecule has 8 nitrogen and oxygen atoms in total. The fourth-order valence-corrected chi connectivity index (χ4v) is 2.60. The van der Waals surface area contributed by atoms with E-state index in [9.17, 15) is 28.1 Å². The third-order valence-corrected chi connectivity index (χ3v) is 3.93. The summed E-state index contributed by atoms with van der Waals surface area (Å²) >= 11 is 0. The first-order valence-electron chi connectivity index (χ1n) is 8.11. The quantitative estimate of drug-likeness (QED) is 0.625. The lowest BCUT2D eigenvalue weighted by molar-refractivity contribution is -0.384. The van der Waals surface area contributed by atoms with Crippen LogP contribution in [-0.4, -0.2) is 29.0 Å². The van der Waals surface area contributed by atoms with Crippen molar-refractivity contribution < 1.29 is 32.4 Å². The van der Waals surface area contributed by atoms with Gasteiger partial charge in [-0.1, -0.05) is 0 Å². The molecule has 1 aromatic carbocycles. The molecule has 0 bridgehead atoms. The first kappa shape index (κ1) is 19.4. The second kappa shape index (κ2) is 7.33. The average Bonchev–Trinajstić information content (AvgIpc) is 2.84. The zero-order valence-corrected chi connectivity index (χ0v) is 14.5. The Labute approximate surface area is 156 Å². The second-order valence-electron chi connectivity index (χ2n) is 5.91. The summed E-state index contributed by atoms with van der Waals surface area (Å²) in [6.45, 7) is 1.90. The van der Waals surface area contributed by atoms with Crippen molar-refractivity contribution >= 4 is 17.3 Å². The number of hydrogen-bond acceptors (Lipinski definition) is 6. The number of alkyl halides is 3. The Balaban J connectivity index is 1.93. The maximum Gasteiger partial charge on any atom is 0.433 e. The van der Waals surface area contributed by atoms with Gasteiger partial charge in [0.2, 0.25) is 0 Å². The maximum atomic E-state index is 12.7. The van der Waals surface area contributed by atoms with Gasteiger partial charge in [0.15, 0.2) is 11.5 Å². The highest BCUT2D eigenvalue weighted by atomic mass is 19.4. The van der Waals surface area contributed by atoms with Gasteiger partial charge >= 0.3 is 6.18 Å². The molecule has 0 saturated carbocycles. The number of ether oxygens (including phenoxy) is 2. The fraction of sp³-hybridized carbons (Fsp3) is 0.294. The number of pyridine rings is 1.